The quantitative estimate of drug-likeness (QED) is 0.875. The molecule has 2 aromatic rings. The van der Waals surface area contributed by atoms with Crippen molar-refractivity contribution in [1.29, 1.82) is 0 Å². The number of carbonyl (C=O) groups excluding carboxylic acids is 1. The third-order valence-electron chi connectivity index (χ3n) is 4.28. The summed E-state index contributed by atoms with van der Waals surface area (Å²) in [7, 11) is 0. The molecule has 0 saturated carbocycles. The van der Waals surface area contributed by atoms with Crippen LogP contribution < -0.4 is 5.63 Å². The second-order valence-corrected chi connectivity index (χ2v) is 6.04. The molecule has 0 radical (unpaired) electrons. The van der Waals surface area contributed by atoms with E-state index in [4.69, 9.17) is 4.42 Å². The normalized spacial score (nSPS) is 17.5. The molecule has 1 aromatic carbocycles. The molecule has 1 aromatic heterocycles. The van der Waals surface area contributed by atoms with Crippen LogP contribution in [0.1, 0.15) is 27.9 Å². The lowest BCUT2D eigenvalue weighted by Crippen LogP contribution is -2.29. The van der Waals surface area contributed by atoms with Crippen molar-refractivity contribution in [3.63, 3.8) is 0 Å². The van der Waals surface area contributed by atoms with E-state index in [9.17, 15) is 14.0 Å². The van der Waals surface area contributed by atoms with E-state index in [-0.39, 0.29) is 11.7 Å². The summed E-state index contributed by atoms with van der Waals surface area (Å²) in [4.78, 5) is 25.1. The van der Waals surface area contributed by atoms with Crippen LogP contribution in [-0.2, 0) is 6.42 Å². The van der Waals surface area contributed by atoms with E-state index in [0.717, 1.165) is 18.4 Å². The molecule has 1 unspecified atom stereocenters. The number of nitrogens with zero attached hydrogens (tertiary/aromatic N) is 1. The molecule has 3 rings (SSSR count). The van der Waals surface area contributed by atoms with Crippen LogP contribution in [0.3, 0.4) is 0 Å². The van der Waals surface area contributed by atoms with Gasteiger partial charge in [-0.3, -0.25) is 4.79 Å². The monoisotopic (exact) mass is 315 g/mol. The fraction of sp³-hybridized carbons (Fsp3) is 0.333. The number of amides is 1. The van der Waals surface area contributed by atoms with Gasteiger partial charge in [-0.2, -0.15) is 0 Å². The van der Waals surface area contributed by atoms with Gasteiger partial charge in [-0.1, -0.05) is 12.1 Å². The summed E-state index contributed by atoms with van der Waals surface area (Å²) in [6.07, 6.45) is 2.84. The number of rotatable bonds is 3. The molecule has 0 spiro atoms. The largest absolute Gasteiger partial charge is 0.430 e. The molecule has 5 heteroatoms. The Morgan fingerprint density at radius 3 is 2.87 bits per heavy atom. The minimum absolute atomic E-state index is 0.133. The molecule has 1 aliphatic rings. The van der Waals surface area contributed by atoms with Gasteiger partial charge in [0.1, 0.15) is 12.1 Å². The molecule has 0 bridgehead atoms. The Bertz CT molecular complexity index is 764. The Balaban J connectivity index is 1.63. The van der Waals surface area contributed by atoms with Crippen molar-refractivity contribution in [2.24, 2.45) is 5.92 Å². The minimum atomic E-state index is -0.470. The SMILES string of the molecule is Cc1ccc(CC2CCN(C(=O)c3ccc(=O)oc3)C2)cc1F. The zero-order valence-corrected chi connectivity index (χ0v) is 12.9. The number of carbonyl (C=O) groups is 1. The number of hydrogen-bond acceptors (Lipinski definition) is 3. The molecule has 1 atom stereocenters. The number of halogens is 1. The Hall–Kier alpha value is -2.43. The second-order valence-electron chi connectivity index (χ2n) is 6.04. The average Bonchev–Trinajstić information content (AvgIpc) is 2.99. The van der Waals surface area contributed by atoms with E-state index in [1.807, 2.05) is 6.07 Å². The molecule has 1 amide bonds. The molecule has 4 nitrogen and oxygen atoms in total. The van der Waals surface area contributed by atoms with Gasteiger partial charge < -0.3 is 9.32 Å². The van der Waals surface area contributed by atoms with Crippen molar-refractivity contribution in [3.8, 4) is 0 Å². The molecule has 0 N–H and O–H groups in total. The summed E-state index contributed by atoms with van der Waals surface area (Å²) in [6, 6.07) is 8.03. The highest BCUT2D eigenvalue weighted by atomic mass is 19.1. The van der Waals surface area contributed by atoms with Crippen LogP contribution in [0.2, 0.25) is 0 Å². The third-order valence-corrected chi connectivity index (χ3v) is 4.28. The van der Waals surface area contributed by atoms with Gasteiger partial charge in [-0.15, -0.1) is 0 Å². The minimum Gasteiger partial charge on any atom is -0.430 e. The van der Waals surface area contributed by atoms with E-state index >= 15 is 0 Å². The maximum absolute atomic E-state index is 13.6. The highest BCUT2D eigenvalue weighted by molar-refractivity contribution is 5.93. The molecule has 1 saturated heterocycles. The molecule has 2 heterocycles. The maximum Gasteiger partial charge on any atom is 0.335 e. The van der Waals surface area contributed by atoms with Crippen LogP contribution in [-0.4, -0.2) is 23.9 Å². The zero-order valence-electron chi connectivity index (χ0n) is 12.9. The first-order valence-corrected chi connectivity index (χ1v) is 7.66. The first-order chi connectivity index (χ1) is 11.0. The van der Waals surface area contributed by atoms with Gasteiger partial charge in [0.15, 0.2) is 0 Å². The molecule has 1 fully saturated rings. The predicted octanol–water partition coefficient (Wildman–Crippen LogP) is 2.79. The van der Waals surface area contributed by atoms with Crippen LogP contribution in [0.5, 0.6) is 0 Å². The van der Waals surface area contributed by atoms with Crippen molar-refractivity contribution in [3.05, 3.63) is 69.5 Å². The lowest BCUT2D eigenvalue weighted by Gasteiger charge is -2.16. The maximum atomic E-state index is 13.6. The molecular formula is C18H18FNO3. The van der Waals surface area contributed by atoms with Gasteiger partial charge in [0.05, 0.1) is 5.56 Å². The van der Waals surface area contributed by atoms with E-state index in [0.29, 0.717) is 30.1 Å². The summed E-state index contributed by atoms with van der Waals surface area (Å²) in [5, 5.41) is 0. The summed E-state index contributed by atoms with van der Waals surface area (Å²) < 4.78 is 18.4. The first-order valence-electron chi connectivity index (χ1n) is 7.66. The molecule has 1 aliphatic heterocycles. The van der Waals surface area contributed by atoms with Gasteiger partial charge in [0.25, 0.3) is 5.91 Å². The Morgan fingerprint density at radius 2 is 2.17 bits per heavy atom. The number of likely N-dealkylation sites (tertiary alicyclic amines) is 1. The lowest BCUT2D eigenvalue weighted by molar-refractivity contribution is 0.0784. The fourth-order valence-corrected chi connectivity index (χ4v) is 2.94. The van der Waals surface area contributed by atoms with E-state index in [1.165, 1.54) is 18.4 Å². The Kier molecular flexibility index (Phi) is 4.28. The van der Waals surface area contributed by atoms with E-state index in [2.05, 4.69) is 0 Å². The zero-order chi connectivity index (χ0) is 16.4. The second kappa shape index (κ2) is 6.36. The fourth-order valence-electron chi connectivity index (χ4n) is 2.94. The number of hydrogen-bond donors (Lipinski definition) is 0. The summed E-state index contributed by atoms with van der Waals surface area (Å²) in [5.41, 5.74) is 1.51. The van der Waals surface area contributed by atoms with Crippen molar-refractivity contribution in [2.45, 2.75) is 19.8 Å². The van der Waals surface area contributed by atoms with Gasteiger partial charge in [-0.05, 0) is 48.9 Å². The van der Waals surface area contributed by atoms with Crippen LogP contribution in [0.15, 0.2) is 45.8 Å². The Labute approximate surface area is 133 Å². The van der Waals surface area contributed by atoms with Gasteiger partial charge in [0, 0.05) is 19.2 Å². The van der Waals surface area contributed by atoms with E-state index < -0.39 is 5.63 Å². The van der Waals surface area contributed by atoms with Crippen molar-refractivity contribution < 1.29 is 13.6 Å². The molecule has 120 valence electrons. The summed E-state index contributed by atoms with van der Waals surface area (Å²) in [5.74, 6) is -0.00384. The highest BCUT2D eigenvalue weighted by Gasteiger charge is 2.27. The molecule has 0 aliphatic carbocycles. The molecule has 23 heavy (non-hydrogen) atoms. The highest BCUT2D eigenvalue weighted by Crippen LogP contribution is 2.23. The Morgan fingerprint density at radius 1 is 1.35 bits per heavy atom. The molecular weight excluding hydrogens is 297 g/mol. The van der Waals surface area contributed by atoms with Crippen LogP contribution in [0.25, 0.3) is 0 Å². The van der Waals surface area contributed by atoms with Gasteiger partial charge in [0.2, 0.25) is 0 Å². The van der Waals surface area contributed by atoms with Crippen LogP contribution >= 0.6 is 0 Å². The predicted molar refractivity (Wildman–Crippen MR) is 83.8 cm³/mol. The average molecular weight is 315 g/mol. The third kappa shape index (κ3) is 3.50. The van der Waals surface area contributed by atoms with E-state index in [1.54, 1.807) is 24.0 Å². The summed E-state index contributed by atoms with van der Waals surface area (Å²) >= 11 is 0. The standard InChI is InChI=1S/C18H18FNO3/c1-12-2-3-13(9-16(12)19)8-14-6-7-20(10-14)18(22)15-4-5-17(21)23-11-15/h2-5,9,11,14H,6-8,10H2,1H3. The smallest absolute Gasteiger partial charge is 0.335 e. The first kappa shape index (κ1) is 15.5. The van der Waals surface area contributed by atoms with Crippen molar-refractivity contribution in [2.75, 3.05) is 13.1 Å². The van der Waals surface area contributed by atoms with Gasteiger partial charge >= 0.3 is 5.63 Å². The van der Waals surface area contributed by atoms with Crippen molar-refractivity contribution >= 4 is 5.91 Å². The summed E-state index contributed by atoms with van der Waals surface area (Å²) in [6.45, 7) is 3.04. The number of aryl methyl sites for hydroxylation is 1. The van der Waals surface area contributed by atoms with Gasteiger partial charge in [-0.25, -0.2) is 9.18 Å². The number of benzene rings is 1. The lowest BCUT2D eigenvalue weighted by atomic mass is 9.98. The topological polar surface area (TPSA) is 50.5 Å². The van der Waals surface area contributed by atoms with Crippen molar-refractivity contribution in [1.82, 2.24) is 4.90 Å². The van der Waals surface area contributed by atoms with Crippen LogP contribution in [0.4, 0.5) is 4.39 Å². The van der Waals surface area contributed by atoms with Crippen LogP contribution in [0, 0.1) is 18.7 Å².